The minimum absolute atomic E-state index is 0.0839. The minimum Gasteiger partial charge on any atom is -0.457 e. The zero-order valence-electron chi connectivity index (χ0n) is 16.5. The molecule has 1 aliphatic rings. The highest BCUT2D eigenvalue weighted by atomic mass is 35.5. The molecule has 1 N–H and O–H groups in total. The molecule has 30 heavy (non-hydrogen) atoms. The van der Waals surface area contributed by atoms with Crippen LogP contribution in [-0.4, -0.2) is 18.4 Å². The third-order valence-electron chi connectivity index (χ3n) is 5.06. The summed E-state index contributed by atoms with van der Waals surface area (Å²) in [6.45, 7) is 2.32. The second kappa shape index (κ2) is 8.59. The first kappa shape index (κ1) is 20.0. The summed E-state index contributed by atoms with van der Waals surface area (Å²) in [5.74, 6) is 0.796. The van der Waals surface area contributed by atoms with Gasteiger partial charge in [-0.3, -0.25) is 9.59 Å². The van der Waals surface area contributed by atoms with Gasteiger partial charge in [0.25, 0.3) is 0 Å². The van der Waals surface area contributed by atoms with E-state index < -0.39 is 5.92 Å². The van der Waals surface area contributed by atoms with E-state index in [4.69, 9.17) is 16.3 Å². The molecular weight excluding hydrogens is 400 g/mol. The van der Waals surface area contributed by atoms with E-state index in [1.165, 1.54) is 0 Å². The van der Waals surface area contributed by atoms with E-state index in [0.717, 1.165) is 11.3 Å². The van der Waals surface area contributed by atoms with E-state index in [9.17, 15) is 9.59 Å². The Bertz CT molecular complexity index is 1080. The lowest BCUT2D eigenvalue weighted by Gasteiger charge is -2.17. The number of halogens is 1. The fourth-order valence-electron chi connectivity index (χ4n) is 3.43. The number of anilines is 2. The fraction of sp³-hybridized carbons (Fsp3) is 0.167. The van der Waals surface area contributed by atoms with E-state index in [1.807, 2.05) is 37.3 Å². The number of carbonyl (C=O) groups is 2. The number of hydrogen-bond acceptors (Lipinski definition) is 3. The number of rotatable bonds is 5. The van der Waals surface area contributed by atoms with Crippen LogP contribution in [-0.2, 0) is 9.59 Å². The number of ether oxygens (including phenoxy) is 1. The summed E-state index contributed by atoms with van der Waals surface area (Å²) in [5, 5.41) is 3.45. The number of benzene rings is 3. The average Bonchev–Trinajstić information content (AvgIpc) is 3.13. The zero-order chi connectivity index (χ0) is 21.1. The Morgan fingerprint density at radius 3 is 2.57 bits per heavy atom. The van der Waals surface area contributed by atoms with Crippen LogP contribution in [0.3, 0.4) is 0 Å². The maximum Gasteiger partial charge on any atom is 0.229 e. The van der Waals surface area contributed by atoms with Crippen molar-refractivity contribution in [1.82, 2.24) is 0 Å². The van der Waals surface area contributed by atoms with E-state index in [2.05, 4.69) is 5.32 Å². The summed E-state index contributed by atoms with van der Waals surface area (Å²) in [5.41, 5.74) is 2.41. The second-order valence-corrected chi connectivity index (χ2v) is 7.70. The largest absolute Gasteiger partial charge is 0.457 e. The summed E-state index contributed by atoms with van der Waals surface area (Å²) >= 11 is 6.02. The molecule has 0 bridgehead atoms. The molecule has 3 aromatic rings. The van der Waals surface area contributed by atoms with Crippen molar-refractivity contribution in [1.29, 1.82) is 0 Å². The number of para-hydroxylation sites is 1. The number of aryl methyl sites for hydroxylation is 1. The van der Waals surface area contributed by atoms with Gasteiger partial charge < -0.3 is 15.0 Å². The number of carbonyl (C=O) groups excluding carboxylic acids is 2. The highest BCUT2D eigenvalue weighted by molar-refractivity contribution is 6.31. The molecular formula is C24H21ClN2O3. The lowest BCUT2D eigenvalue weighted by Crippen LogP contribution is -2.28. The van der Waals surface area contributed by atoms with Gasteiger partial charge in [-0.1, -0.05) is 35.9 Å². The molecule has 2 amide bonds. The van der Waals surface area contributed by atoms with Gasteiger partial charge in [0.15, 0.2) is 0 Å². The van der Waals surface area contributed by atoms with Crippen LogP contribution < -0.4 is 15.0 Å². The topological polar surface area (TPSA) is 58.6 Å². The van der Waals surface area contributed by atoms with Crippen LogP contribution >= 0.6 is 11.6 Å². The van der Waals surface area contributed by atoms with Crippen LogP contribution in [0, 0.1) is 12.8 Å². The number of nitrogens with zero attached hydrogens (tertiary/aromatic N) is 1. The van der Waals surface area contributed by atoms with Gasteiger partial charge in [0, 0.05) is 29.4 Å². The van der Waals surface area contributed by atoms with Gasteiger partial charge in [0.05, 0.1) is 5.92 Å². The van der Waals surface area contributed by atoms with Crippen LogP contribution in [0.2, 0.25) is 5.02 Å². The minimum atomic E-state index is -0.417. The number of nitrogens with one attached hydrogen (secondary N) is 1. The Morgan fingerprint density at radius 2 is 1.83 bits per heavy atom. The van der Waals surface area contributed by atoms with Crippen LogP contribution in [0.4, 0.5) is 11.4 Å². The van der Waals surface area contributed by atoms with E-state index in [1.54, 1.807) is 47.4 Å². The molecule has 4 rings (SSSR count). The van der Waals surface area contributed by atoms with Gasteiger partial charge in [0.2, 0.25) is 11.8 Å². The average molecular weight is 421 g/mol. The standard InChI is InChI=1S/C24H21ClN2O3/c1-16-5-2-3-8-22(16)30-21-11-9-19(10-12-21)26-24(29)17-13-23(28)27(15-17)20-7-4-6-18(25)14-20/h2-12,14,17H,13,15H2,1H3,(H,26,29)/t17-/m0/s1. The fourth-order valence-corrected chi connectivity index (χ4v) is 3.61. The quantitative estimate of drug-likeness (QED) is 0.598. The molecule has 0 aromatic heterocycles. The number of hydrogen-bond donors (Lipinski definition) is 1. The first-order valence-electron chi connectivity index (χ1n) is 9.70. The predicted octanol–water partition coefficient (Wildman–Crippen LogP) is 5.43. The Kier molecular flexibility index (Phi) is 5.72. The summed E-state index contributed by atoms with van der Waals surface area (Å²) in [4.78, 5) is 26.7. The molecule has 0 unspecified atom stereocenters. The molecule has 0 aliphatic carbocycles. The van der Waals surface area contributed by atoms with Crippen molar-refractivity contribution in [2.45, 2.75) is 13.3 Å². The summed E-state index contributed by atoms with van der Waals surface area (Å²) < 4.78 is 5.88. The van der Waals surface area contributed by atoms with Gasteiger partial charge >= 0.3 is 0 Å². The van der Waals surface area contributed by atoms with Gasteiger partial charge in [-0.15, -0.1) is 0 Å². The van der Waals surface area contributed by atoms with Gasteiger partial charge in [0.1, 0.15) is 11.5 Å². The van der Waals surface area contributed by atoms with E-state index in [-0.39, 0.29) is 18.2 Å². The molecule has 1 aliphatic heterocycles. The highest BCUT2D eigenvalue weighted by Crippen LogP contribution is 2.29. The van der Waals surface area contributed by atoms with Gasteiger partial charge in [-0.2, -0.15) is 0 Å². The van der Waals surface area contributed by atoms with Crippen molar-refractivity contribution in [3.05, 3.63) is 83.4 Å². The molecule has 3 aromatic carbocycles. The molecule has 1 heterocycles. The lowest BCUT2D eigenvalue weighted by atomic mass is 10.1. The van der Waals surface area contributed by atoms with Crippen LogP contribution in [0.15, 0.2) is 72.8 Å². The van der Waals surface area contributed by atoms with E-state index >= 15 is 0 Å². The van der Waals surface area contributed by atoms with Crippen molar-refractivity contribution < 1.29 is 14.3 Å². The number of amides is 2. The molecule has 0 spiro atoms. The van der Waals surface area contributed by atoms with Crippen LogP contribution in [0.1, 0.15) is 12.0 Å². The molecule has 152 valence electrons. The summed E-state index contributed by atoms with van der Waals surface area (Å²) in [7, 11) is 0. The highest BCUT2D eigenvalue weighted by Gasteiger charge is 2.35. The van der Waals surface area contributed by atoms with E-state index in [0.29, 0.717) is 28.7 Å². The third kappa shape index (κ3) is 4.47. The Hall–Kier alpha value is -3.31. The first-order valence-corrected chi connectivity index (χ1v) is 10.1. The normalized spacial score (nSPS) is 15.9. The molecule has 6 heteroatoms. The smallest absolute Gasteiger partial charge is 0.229 e. The predicted molar refractivity (Wildman–Crippen MR) is 118 cm³/mol. The van der Waals surface area contributed by atoms with Gasteiger partial charge in [-0.05, 0) is 61.0 Å². The Balaban J connectivity index is 1.38. The monoisotopic (exact) mass is 420 g/mol. The van der Waals surface area contributed by atoms with Crippen molar-refractivity contribution >= 4 is 34.8 Å². The molecule has 1 saturated heterocycles. The van der Waals surface area contributed by atoms with Crippen LogP contribution in [0.5, 0.6) is 11.5 Å². The Morgan fingerprint density at radius 1 is 1.07 bits per heavy atom. The van der Waals surface area contributed by atoms with Crippen molar-refractivity contribution in [2.24, 2.45) is 5.92 Å². The summed E-state index contributed by atoms with van der Waals surface area (Å²) in [6, 6.07) is 22.1. The van der Waals surface area contributed by atoms with Gasteiger partial charge in [-0.25, -0.2) is 0 Å². The molecule has 0 saturated carbocycles. The molecule has 1 fully saturated rings. The Labute approximate surface area is 180 Å². The summed E-state index contributed by atoms with van der Waals surface area (Å²) in [6.07, 6.45) is 0.173. The lowest BCUT2D eigenvalue weighted by molar-refractivity contribution is -0.122. The van der Waals surface area contributed by atoms with Crippen molar-refractivity contribution in [2.75, 3.05) is 16.8 Å². The second-order valence-electron chi connectivity index (χ2n) is 7.27. The van der Waals surface area contributed by atoms with Crippen molar-refractivity contribution in [3.8, 4) is 11.5 Å². The maximum absolute atomic E-state index is 12.7. The molecule has 0 radical (unpaired) electrons. The maximum atomic E-state index is 12.7. The first-order chi connectivity index (χ1) is 14.5. The SMILES string of the molecule is Cc1ccccc1Oc1ccc(NC(=O)[C@H]2CC(=O)N(c3cccc(Cl)c3)C2)cc1. The van der Waals surface area contributed by atoms with Crippen molar-refractivity contribution in [3.63, 3.8) is 0 Å². The third-order valence-corrected chi connectivity index (χ3v) is 5.29. The van der Waals surface area contributed by atoms with Crippen LogP contribution in [0.25, 0.3) is 0 Å². The molecule has 1 atom stereocenters. The zero-order valence-corrected chi connectivity index (χ0v) is 17.2. The molecule has 5 nitrogen and oxygen atoms in total.